The molecule has 8 nitrogen and oxygen atoms in total. The van der Waals surface area contributed by atoms with Gasteiger partial charge in [0.05, 0.1) is 25.8 Å². The number of hydrazine groups is 1. The molecule has 2 heterocycles. The lowest BCUT2D eigenvalue weighted by Gasteiger charge is -2.11. The molecule has 0 bridgehead atoms. The van der Waals surface area contributed by atoms with Crippen LogP contribution in [-0.4, -0.2) is 34.9 Å². The molecule has 0 aliphatic carbocycles. The molecule has 0 fully saturated rings. The number of nitrogens with zero attached hydrogens (tertiary/aromatic N) is 2. The third kappa shape index (κ3) is 4.35. The summed E-state index contributed by atoms with van der Waals surface area (Å²) < 4.78 is 12.5. The molecule has 3 rings (SSSR count). The number of ether oxygens (including phenoxy) is 2. The maximum atomic E-state index is 12.2. The number of carbonyl (C=O) groups excluding carboxylic acids is 2. The van der Waals surface area contributed by atoms with Crippen molar-refractivity contribution in [1.29, 1.82) is 0 Å². The van der Waals surface area contributed by atoms with Gasteiger partial charge in [-0.25, -0.2) is 4.98 Å². The predicted molar refractivity (Wildman–Crippen MR) is 98.7 cm³/mol. The molecule has 140 valence electrons. The molecule has 1 aromatic carbocycles. The average molecular weight is 368 g/mol. The van der Waals surface area contributed by atoms with Crippen LogP contribution in [0, 0.1) is 0 Å². The Bertz CT molecular complexity index is 934. The van der Waals surface area contributed by atoms with Gasteiger partial charge in [0.15, 0.2) is 11.5 Å². The molecule has 0 unspecified atom stereocenters. The minimum absolute atomic E-state index is 0.0502. The van der Waals surface area contributed by atoms with E-state index < -0.39 is 5.91 Å². The van der Waals surface area contributed by atoms with Crippen LogP contribution in [0.4, 0.5) is 0 Å². The zero-order valence-electron chi connectivity index (χ0n) is 15.1. The molecule has 2 aromatic heterocycles. The molecule has 0 saturated carbocycles. The Morgan fingerprint density at radius 2 is 2.00 bits per heavy atom. The number of amides is 2. The number of aromatic nitrogens is 2. The van der Waals surface area contributed by atoms with Gasteiger partial charge < -0.3 is 13.9 Å². The van der Waals surface area contributed by atoms with Gasteiger partial charge in [-0.15, -0.1) is 0 Å². The smallest absolute Gasteiger partial charge is 0.269 e. The Kier molecular flexibility index (Phi) is 5.55. The second-order valence-corrected chi connectivity index (χ2v) is 5.68. The molecule has 2 N–H and O–H groups in total. The largest absolute Gasteiger partial charge is 0.493 e. The highest BCUT2D eigenvalue weighted by molar-refractivity contribution is 5.96. The van der Waals surface area contributed by atoms with Gasteiger partial charge in [-0.1, -0.05) is 6.07 Å². The second-order valence-electron chi connectivity index (χ2n) is 5.68. The summed E-state index contributed by atoms with van der Waals surface area (Å²) in [6, 6.07) is 10.4. The monoisotopic (exact) mass is 368 g/mol. The first-order valence-corrected chi connectivity index (χ1v) is 8.43. The lowest BCUT2D eigenvalue weighted by molar-refractivity contribution is -0.121. The molecule has 0 aliphatic rings. The van der Waals surface area contributed by atoms with Crippen molar-refractivity contribution >= 4 is 17.5 Å². The van der Waals surface area contributed by atoms with Crippen molar-refractivity contribution in [2.75, 3.05) is 13.7 Å². The highest BCUT2D eigenvalue weighted by atomic mass is 16.5. The normalized spacial score (nSPS) is 10.4. The first-order valence-electron chi connectivity index (χ1n) is 8.43. The molecular formula is C19H20N4O4. The summed E-state index contributed by atoms with van der Waals surface area (Å²) in [5.41, 5.74) is 6.48. The number of methoxy groups -OCH3 is 1. The van der Waals surface area contributed by atoms with Gasteiger partial charge >= 0.3 is 0 Å². The van der Waals surface area contributed by atoms with Crippen molar-refractivity contribution in [3.8, 4) is 11.5 Å². The minimum atomic E-state index is -0.459. The molecule has 27 heavy (non-hydrogen) atoms. The zero-order valence-corrected chi connectivity index (χ0v) is 15.1. The van der Waals surface area contributed by atoms with Gasteiger partial charge in [-0.2, -0.15) is 0 Å². The highest BCUT2D eigenvalue weighted by Gasteiger charge is 2.13. The third-order valence-corrected chi connectivity index (χ3v) is 3.80. The summed E-state index contributed by atoms with van der Waals surface area (Å²) in [6.45, 7) is 2.35. The van der Waals surface area contributed by atoms with Crippen molar-refractivity contribution in [1.82, 2.24) is 20.2 Å². The van der Waals surface area contributed by atoms with E-state index in [9.17, 15) is 9.59 Å². The molecular weight excluding hydrogens is 348 g/mol. The van der Waals surface area contributed by atoms with Crippen LogP contribution in [0.3, 0.4) is 0 Å². The van der Waals surface area contributed by atoms with Crippen molar-refractivity contribution in [3.63, 3.8) is 0 Å². The van der Waals surface area contributed by atoms with Gasteiger partial charge in [0.25, 0.3) is 5.91 Å². The van der Waals surface area contributed by atoms with E-state index in [2.05, 4.69) is 15.8 Å². The van der Waals surface area contributed by atoms with E-state index in [0.29, 0.717) is 29.4 Å². The van der Waals surface area contributed by atoms with E-state index in [4.69, 9.17) is 9.47 Å². The van der Waals surface area contributed by atoms with Crippen LogP contribution in [0.15, 0.2) is 48.8 Å². The Balaban J connectivity index is 1.58. The van der Waals surface area contributed by atoms with Crippen LogP contribution < -0.4 is 20.3 Å². The molecule has 0 radical (unpaired) electrons. The maximum absolute atomic E-state index is 12.2. The number of fused-ring (bicyclic) bond motifs is 1. The van der Waals surface area contributed by atoms with E-state index in [1.165, 1.54) is 7.11 Å². The van der Waals surface area contributed by atoms with Crippen LogP contribution >= 0.6 is 0 Å². The van der Waals surface area contributed by atoms with E-state index in [-0.39, 0.29) is 12.3 Å². The van der Waals surface area contributed by atoms with Crippen LogP contribution in [-0.2, 0) is 11.2 Å². The molecule has 3 aromatic rings. The first kappa shape index (κ1) is 18.2. The molecule has 0 aliphatic heterocycles. The second kappa shape index (κ2) is 8.22. The molecule has 0 spiro atoms. The van der Waals surface area contributed by atoms with Gasteiger partial charge in [0, 0.05) is 18.0 Å². The number of carbonyl (C=O) groups is 2. The maximum Gasteiger partial charge on any atom is 0.269 e. The number of hydrogen-bond acceptors (Lipinski definition) is 5. The quantitative estimate of drug-likeness (QED) is 0.647. The number of hydrogen-bond donors (Lipinski definition) is 2. The number of pyridine rings is 1. The Labute approximate surface area is 156 Å². The lowest BCUT2D eigenvalue weighted by Crippen LogP contribution is -2.42. The van der Waals surface area contributed by atoms with Crippen molar-refractivity contribution in [2.24, 2.45) is 0 Å². The van der Waals surface area contributed by atoms with E-state index in [0.717, 1.165) is 5.65 Å². The summed E-state index contributed by atoms with van der Waals surface area (Å²) in [5, 5.41) is 0. The number of rotatable bonds is 6. The van der Waals surface area contributed by atoms with Crippen molar-refractivity contribution in [3.05, 3.63) is 60.0 Å². The molecule has 2 amide bonds. The minimum Gasteiger partial charge on any atom is -0.493 e. The fraction of sp³-hybridized carbons (Fsp3) is 0.211. The first-order chi connectivity index (χ1) is 13.1. The average Bonchev–Trinajstić information content (AvgIpc) is 3.08. The van der Waals surface area contributed by atoms with E-state index >= 15 is 0 Å². The van der Waals surface area contributed by atoms with E-state index in [1.807, 2.05) is 35.7 Å². The van der Waals surface area contributed by atoms with Crippen LogP contribution in [0.25, 0.3) is 5.65 Å². The SMILES string of the molecule is CCOc1ccc(C(=O)NNC(=O)Cc2cn3ccccc3n2)cc1OC. The Morgan fingerprint density at radius 3 is 2.74 bits per heavy atom. The molecule has 0 atom stereocenters. The van der Waals surface area contributed by atoms with Crippen molar-refractivity contribution in [2.45, 2.75) is 13.3 Å². The topological polar surface area (TPSA) is 94.0 Å². The summed E-state index contributed by atoms with van der Waals surface area (Å²) in [6.07, 6.45) is 3.67. The number of nitrogens with one attached hydrogen (secondary N) is 2. The fourth-order valence-electron chi connectivity index (χ4n) is 2.56. The summed E-state index contributed by atoms with van der Waals surface area (Å²) >= 11 is 0. The van der Waals surface area contributed by atoms with Crippen molar-refractivity contribution < 1.29 is 19.1 Å². The van der Waals surface area contributed by atoms with Gasteiger partial charge in [-0.05, 0) is 37.3 Å². The highest BCUT2D eigenvalue weighted by Crippen LogP contribution is 2.27. The Morgan fingerprint density at radius 1 is 1.15 bits per heavy atom. The predicted octanol–water partition coefficient (Wildman–Crippen LogP) is 1.75. The standard InChI is InChI=1S/C19H20N4O4/c1-3-27-15-8-7-13(10-16(15)26-2)19(25)22-21-18(24)11-14-12-23-9-5-4-6-17(23)20-14/h4-10,12H,3,11H2,1-2H3,(H,21,24)(H,22,25). The van der Waals surface area contributed by atoms with Crippen LogP contribution in [0.2, 0.25) is 0 Å². The Hall–Kier alpha value is -3.55. The summed E-state index contributed by atoms with van der Waals surface area (Å²) in [4.78, 5) is 28.7. The van der Waals surface area contributed by atoms with E-state index in [1.54, 1.807) is 24.4 Å². The third-order valence-electron chi connectivity index (χ3n) is 3.80. The molecule has 0 saturated heterocycles. The lowest BCUT2D eigenvalue weighted by atomic mass is 10.2. The van der Waals surface area contributed by atoms with Crippen LogP contribution in [0.1, 0.15) is 23.0 Å². The van der Waals surface area contributed by atoms with Gasteiger partial charge in [0.2, 0.25) is 5.91 Å². The number of benzene rings is 1. The number of imidazole rings is 1. The summed E-state index contributed by atoms with van der Waals surface area (Å²) in [5.74, 6) is 0.164. The van der Waals surface area contributed by atoms with Gasteiger partial charge in [-0.3, -0.25) is 20.4 Å². The van der Waals surface area contributed by atoms with Crippen LogP contribution in [0.5, 0.6) is 11.5 Å². The fourth-order valence-corrected chi connectivity index (χ4v) is 2.56. The van der Waals surface area contributed by atoms with Gasteiger partial charge in [0.1, 0.15) is 5.65 Å². The molecule has 8 heteroatoms. The zero-order chi connectivity index (χ0) is 19.2. The summed E-state index contributed by atoms with van der Waals surface area (Å²) in [7, 11) is 1.50.